The van der Waals surface area contributed by atoms with Gasteiger partial charge in [-0.3, -0.25) is 4.98 Å². The highest BCUT2D eigenvalue weighted by Crippen LogP contribution is 2.32. The number of hydrogen-bond donors (Lipinski definition) is 1. The van der Waals surface area contributed by atoms with Gasteiger partial charge in [0.05, 0.1) is 17.2 Å². The summed E-state index contributed by atoms with van der Waals surface area (Å²) < 4.78 is 0. The number of hydrogen-bond acceptors (Lipinski definition) is 5. The lowest BCUT2D eigenvalue weighted by atomic mass is 10.0. The normalized spacial score (nSPS) is 17.1. The van der Waals surface area contributed by atoms with E-state index in [2.05, 4.69) is 9.97 Å². The molecule has 0 aliphatic heterocycles. The fourth-order valence-electron chi connectivity index (χ4n) is 2.01. The van der Waals surface area contributed by atoms with Crippen molar-refractivity contribution in [1.29, 1.82) is 0 Å². The van der Waals surface area contributed by atoms with E-state index in [9.17, 15) is 0 Å². The second-order valence-electron chi connectivity index (χ2n) is 4.01. The standard InChI is InChI=1S/C11H13N3S2/c12-10(9-5-13-6-15-9)11-14-7-3-1-2-4-8(7)16-11/h5-6,10H,1-4,12H2. The van der Waals surface area contributed by atoms with Crippen molar-refractivity contribution in [2.45, 2.75) is 31.7 Å². The van der Waals surface area contributed by atoms with Crippen LogP contribution >= 0.6 is 22.7 Å². The molecule has 0 fully saturated rings. The van der Waals surface area contributed by atoms with Crippen molar-refractivity contribution in [1.82, 2.24) is 9.97 Å². The molecule has 2 aromatic heterocycles. The van der Waals surface area contributed by atoms with Gasteiger partial charge in [-0.25, -0.2) is 4.98 Å². The molecule has 1 unspecified atom stereocenters. The molecule has 2 aromatic rings. The lowest BCUT2D eigenvalue weighted by Crippen LogP contribution is -2.10. The first-order valence-electron chi connectivity index (χ1n) is 5.47. The van der Waals surface area contributed by atoms with Crippen LogP contribution in [0.4, 0.5) is 0 Å². The maximum atomic E-state index is 6.19. The maximum Gasteiger partial charge on any atom is 0.115 e. The Hall–Kier alpha value is -0.780. The van der Waals surface area contributed by atoms with E-state index in [0.29, 0.717) is 0 Å². The molecule has 3 rings (SSSR count). The molecule has 5 heteroatoms. The van der Waals surface area contributed by atoms with Gasteiger partial charge in [0.25, 0.3) is 0 Å². The Morgan fingerprint density at radius 3 is 2.94 bits per heavy atom. The van der Waals surface area contributed by atoms with E-state index in [0.717, 1.165) is 16.3 Å². The fourth-order valence-corrected chi connectivity index (χ4v) is 3.88. The van der Waals surface area contributed by atoms with Gasteiger partial charge in [0, 0.05) is 16.0 Å². The molecule has 1 atom stereocenters. The summed E-state index contributed by atoms with van der Waals surface area (Å²) in [5, 5.41) is 1.05. The van der Waals surface area contributed by atoms with Crippen molar-refractivity contribution in [3.05, 3.63) is 32.2 Å². The Bertz CT molecular complexity index is 452. The predicted octanol–water partition coefficient (Wildman–Crippen LogP) is 2.53. The molecule has 0 amide bonds. The molecule has 3 nitrogen and oxygen atoms in total. The zero-order chi connectivity index (χ0) is 11.0. The number of nitrogens with two attached hydrogens (primary N) is 1. The van der Waals surface area contributed by atoms with Gasteiger partial charge >= 0.3 is 0 Å². The summed E-state index contributed by atoms with van der Waals surface area (Å²) in [6.45, 7) is 0. The van der Waals surface area contributed by atoms with Crippen LogP contribution in [0.25, 0.3) is 0 Å². The third-order valence-electron chi connectivity index (χ3n) is 2.89. The van der Waals surface area contributed by atoms with Gasteiger partial charge in [-0.15, -0.1) is 22.7 Å². The zero-order valence-corrected chi connectivity index (χ0v) is 10.5. The molecule has 84 valence electrons. The number of fused-ring (bicyclic) bond motifs is 1. The molecule has 1 aliphatic carbocycles. The number of aromatic nitrogens is 2. The number of nitrogens with zero attached hydrogens (tertiary/aromatic N) is 2. The second-order valence-corrected chi connectivity index (χ2v) is 6.04. The Morgan fingerprint density at radius 2 is 2.19 bits per heavy atom. The summed E-state index contributed by atoms with van der Waals surface area (Å²) in [6, 6.07) is -0.0805. The Balaban J connectivity index is 1.92. The van der Waals surface area contributed by atoms with E-state index in [-0.39, 0.29) is 6.04 Å². The lowest BCUT2D eigenvalue weighted by Gasteiger charge is -2.06. The van der Waals surface area contributed by atoms with Crippen LogP contribution in [0, 0.1) is 0 Å². The van der Waals surface area contributed by atoms with Crippen molar-refractivity contribution in [2.24, 2.45) is 5.73 Å². The van der Waals surface area contributed by atoms with Crippen molar-refractivity contribution in [2.75, 3.05) is 0 Å². The lowest BCUT2D eigenvalue weighted by molar-refractivity contribution is 0.679. The van der Waals surface area contributed by atoms with Crippen LogP contribution in [-0.4, -0.2) is 9.97 Å². The van der Waals surface area contributed by atoms with Gasteiger partial charge < -0.3 is 5.73 Å². The van der Waals surface area contributed by atoms with Gasteiger partial charge in [0.2, 0.25) is 0 Å². The van der Waals surface area contributed by atoms with Gasteiger partial charge in [0.15, 0.2) is 0 Å². The minimum atomic E-state index is -0.0805. The van der Waals surface area contributed by atoms with Gasteiger partial charge in [0.1, 0.15) is 5.01 Å². The first-order valence-corrected chi connectivity index (χ1v) is 7.16. The van der Waals surface area contributed by atoms with Crippen LogP contribution in [0.2, 0.25) is 0 Å². The first kappa shape index (κ1) is 10.4. The molecule has 0 saturated heterocycles. The van der Waals surface area contributed by atoms with Crippen molar-refractivity contribution in [3.63, 3.8) is 0 Å². The summed E-state index contributed by atoms with van der Waals surface area (Å²) >= 11 is 3.39. The van der Waals surface area contributed by atoms with Crippen molar-refractivity contribution < 1.29 is 0 Å². The number of aryl methyl sites for hydroxylation is 2. The van der Waals surface area contributed by atoms with Crippen LogP contribution in [0.1, 0.15) is 39.3 Å². The van der Waals surface area contributed by atoms with Gasteiger partial charge in [-0.2, -0.15) is 0 Å². The average Bonchev–Trinajstić information content (AvgIpc) is 2.97. The number of thiazole rings is 2. The van der Waals surface area contributed by atoms with E-state index in [1.807, 2.05) is 11.7 Å². The second kappa shape index (κ2) is 4.24. The molecule has 0 aromatic carbocycles. The van der Waals surface area contributed by atoms with E-state index < -0.39 is 0 Å². The quantitative estimate of drug-likeness (QED) is 0.892. The van der Waals surface area contributed by atoms with Gasteiger partial charge in [-0.1, -0.05) is 0 Å². The van der Waals surface area contributed by atoms with Crippen molar-refractivity contribution in [3.8, 4) is 0 Å². The van der Waals surface area contributed by atoms with E-state index in [1.54, 1.807) is 22.7 Å². The summed E-state index contributed by atoms with van der Waals surface area (Å²) in [5.41, 5.74) is 9.30. The monoisotopic (exact) mass is 251 g/mol. The molecule has 0 radical (unpaired) electrons. The van der Waals surface area contributed by atoms with Crippen LogP contribution in [-0.2, 0) is 12.8 Å². The van der Waals surface area contributed by atoms with Crippen LogP contribution < -0.4 is 5.73 Å². The molecular weight excluding hydrogens is 238 g/mol. The highest BCUT2D eigenvalue weighted by atomic mass is 32.1. The Kier molecular flexibility index (Phi) is 2.75. The van der Waals surface area contributed by atoms with E-state index in [1.165, 1.54) is 29.8 Å². The molecule has 0 spiro atoms. The zero-order valence-electron chi connectivity index (χ0n) is 8.85. The summed E-state index contributed by atoms with van der Waals surface area (Å²) in [5.74, 6) is 0. The molecule has 2 N–H and O–H groups in total. The van der Waals surface area contributed by atoms with E-state index >= 15 is 0 Å². The van der Waals surface area contributed by atoms with Crippen molar-refractivity contribution >= 4 is 22.7 Å². The summed E-state index contributed by atoms with van der Waals surface area (Å²) in [7, 11) is 0. The molecule has 0 bridgehead atoms. The predicted molar refractivity (Wildman–Crippen MR) is 66.9 cm³/mol. The van der Waals surface area contributed by atoms with Crippen LogP contribution in [0.15, 0.2) is 11.7 Å². The SMILES string of the molecule is NC(c1cncs1)c1nc2c(s1)CCCC2. The molecule has 1 aliphatic rings. The number of rotatable bonds is 2. The molecule has 2 heterocycles. The third kappa shape index (κ3) is 1.79. The average molecular weight is 251 g/mol. The minimum Gasteiger partial charge on any atom is -0.318 e. The smallest absolute Gasteiger partial charge is 0.115 e. The first-order chi connectivity index (χ1) is 7.84. The Labute approximate surface area is 102 Å². The highest BCUT2D eigenvalue weighted by Gasteiger charge is 2.20. The van der Waals surface area contributed by atoms with E-state index in [4.69, 9.17) is 5.73 Å². The molecule has 0 saturated carbocycles. The molecular formula is C11H13N3S2. The van der Waals surface area contributed by atoms with Crippen LogP contribution in [0.3, 0.4) is 0 Å². The summed E-state index contributed by atoms with van der Waals surface area (Å²) in [6.07, 6.45) is 6.72. The van der Waals surface area contributed by atoms with Gasteiger partial charge in [-0.05, 0) is 25.7 Å². The fraction of sp³-hybridized carbons (Fsp3) is 0.455. The molecule has 16 heavy (non-hydrogen) atoms. The largest absolute Gasteiger partial charge is 0.318 e. The highest BCUT2D eigenvalue weighted by molar-refractivity contribution is 7.12. The third-order valence-corrected chi connectivity index (χ3v) is 4.99. The minimum absolute atomic E-state index is 0.0805. The maximum absolute atomic E-state index is 6.19. The summed E-state index contributed by atoms with van der Waals surface area (Å²) in [4.78, 5) is 11.3. The van der Waals surface area contributed by atoms with Crippen LogP contribution in [0.5, 0.6) is 0 Å². The topological polar surface area (TPSA) is 51.8 Å². The Morgan fingerprint density at radius 1 is 1.31 bits per heavy atom.